The number of rotatable bonds is 19. The molecule has 0 spiro atoms. The van der Waals surface area contributed by atoms with E-state index in [0.717, 1.165) is 60.8 Å². The normalized spacial score (nSPS) is 25.7. The van der Waals surface area contributed by atoms with Crippen LogP contribution in [0.2, 0.25) is 10.0 Å². The molecule has 2 unspecified atom stereocenters. The third kappa shape index (κ3) is 17.1. The van der Waals surface area contributed by atoms with Gasteiger partial charge in [-0.25, -0.2) is 18.8 Å². The Morgan fingerprint density at radius 3 is 1.33 bits per heavy atom. The van der Waals surface area contributed by atoms with Gasteiger partial charge in [0.25, 0.3) is 0 Å². The predicted octanol–water partition coefficient (Wildman–Crippen LogP) is 10.8. The predicted molar refractivity (Wildman–Crippen MR) is 369 cm³/mol. The van der Waals surface area contributed by atoms with Crippen LogP contribution >= 0.6 is 23.2 Å². The van der Waals surface area contributed by atoms with E-state index in [-0.39, 0.29) is 131 Å². The highest BCUT2D eigenvalue weighted by Gasteiger charge is 2.70. The number of carbonyl (C=O) groups is 10. The summed E-state index contributed by atoms with van der Waals surface area (Å²) < 4.78 is 25.9. The lowest BCUT2D eigenvalue weighted by molar-refractivity contribution is -0.170. The third-order valence-corrected chi connectivity index (χ3v) is 22.2. The topological polar surface area (TPSA) is 282 Å². The zero-order valence-electron chi connectivity index (χ0n) is 58.8. The molecule has 9 amide bonds. The van der Waals surface area contributed by atoms with Crippen molar-refractivity contribution in [2.45, 2.75) is 268 Å². The summed E-state index contributed by atoms with van der Waals surface area (Å²) in [7, 11) is 0. The molecule has 6 aliphatic carbocycles. The molecule has 10 aliphatic rings. The van der Waals surface area contributed by atoms with Gasteiger partial charge in [0.15, 0.2) is 5.82 Å². The molecule has 4 bridgehead atoms. The summed E-state index contributed by atoms with van der Waals surface area (Å²) in [5.41, 5.74) is 0.202. The molecular formula is C74H98Cl2FN9O13. The number of likely N-dealkylation sites (tertiary alicyclic amines) is 2. The smallest absolute Gasteiger partial charge is 0.408 e. The highest BCUT2D eigenvalue weighted by molar-refractivity contribution is 6.42. The molecular weight excluding hydrogens is 1310 g/mol. The molecule has 0 radical (unpaired) electrons. The van der Waals surface area contributed by atoms with Crippen LogP contribution in [0.15, 0.2) is 60.7 Å². The van der Waals surface area contributed by atoms with E-state index in [1.165, 1.54) is 21.9 Å². The molecule has 4 heterocycles. The molecule has 2 saturated heterocycles. The van der Waals surface area contributed by atoms with E-state index in [2.05, 4.69) is 40.4 Å². The molecule has 4 aliphatic heterocycles. The molecule has 99 heavy (non-hydrogen) atoms. The summed E-state index contributed by atoms with van der Waals surface area (Å²) in [5.74, 6) is -4.53. The number of piperidine rings is 2. The minimum atomic E-state index is -1.13. The second kappa shape index (κ2) is 28.5. The number of anilines is 1. The number of alkyl carbamates (subject to hydrolysis) is 2. The molecule has 6 saturated carbocycles. The first-order chi connectivity index (χ1) is 46.3. The number of fused-ring (bicyclic) bond motifs is 2. The Morgan fingerprint density at radius 1 is 0.556 bits per heavy atom. The number of carboxylic acids is 1. The van der Waals surface area contributed by atoms with Crippen molar-refractivity contribution in [2.75, 3.05) is 18.4 Å². The van der Waals surface area contributed by atoms with Crippen LogP contribution < -0.4 is 26.6 Å². The number of carbonyl (C=O) groups excluding carboxylic acids is 9. The average Bonchev–Trinajstić information content (AvgIpc) is 0.688. The van der Waals surface area contributed by atoms with E-state index in [0.29, 0.717) is 51.6 Å². The van der Waals surface area contributed by atoms with Gasteiger partial charge in [0.2, 0.25) is 41.4 Å². The van der Waals surface area contributed by atoms with Gasteiger partial charge in [0.1, 0.15) is 35.4 Å². The van der Waals surface area contributed by atoms with Gasteiger partial charge in [-0.1, -0.05) is 71.7 Å². The fraction of sp³-hybridized carbons (Fsp3) is 0.622. The van der Waals surface area contributed by atoms with Crippen molar-refractivity contribution >= 4 is 88.4 Å². The highest BCUT2D eigenvalue weighted by Crippen LogP contribution is 2.70. The molecule has 25 heteroatoms. The number of hydrogen-bond donors (Lipinski definition) is 6. The largest absolute Gasteiger partial charge is 0.480 e. The van der Waals surface area contributed by atoms with Crippen LogP contribution in [0.3, 0.4) is 0 Å². The monoisotopic (exact) mass is 1410 g/mol. The van der Waals surface area contributed by atoms with Gasteiger partial charge in [-0.3, -0.25) is 33.6 Å². The quantitative estimate of drug-likeness (QED) is 0.0610. The fourth-order valence-corrected chi connectivity index (χ4v) is 17.2. The summed E-state index contributed by atoms with van der Waals surface area (Å²) in [5, 5.41) is 23.9. The van der Waals surface area contributed by atoms with E-state index in [1.807, 2.05) is 72.2 Å². The number of benzene rings is 3. The van der Waals surface area contributed by atoms with E-state index < -0.39 is 82.6 Å². The Labute approximate surface area is 589 Å². The average molecular weight is 1410 g/mol. The van der Waals surface area contributed by atoms with E-state index in [4.69, 9.17) is 32.7 Å². The van der Waals surface area contributed by atoms with Crippen LogP contribution in [-0.2, 0) is 73.8 Å². The minimum absolute atomic E-state index is 0.0163. The van der Waals surface area contributed by atoms with Crippen molar-refractivity contribution < 1.29 is 66.9 Å². The molecule has 6 N–H and O–H groups in total. The summed E-state index contributed by atoms with van der Waals surface area (Å²) in [6, 6.07) is 13.8. The zero-order chi connectivity index (χ0) is 72.0. The van der Waals surface area contributed by atoms with Crippen molar-refractivity contribution in [3.63, 3.8) is 0 Å². The third-order valence-electron chi connectivity index (χ3n) is 21.4. The lowest BCUT2D eigenvalue weighted by atomic mass is 9.38. The number of aliphatic carboxylic acids is 1. The molecule has 3 aromatic rings. The molecule has 4 atom stereocenters. The minimum Gasteiger partial charge on any atom is -0.480 e. The van der Waals surface area contributed by atoms with Crippen molar-refractivity contribution in [1.29, 1.82) is 0 Å². The second-order valence-corrected chi connectivity index (χ2v) is 33.4. The van der Waals surface area contributed by atoms with Gasteiger partial charge >= 0.3 is 18.2 Å². The van der Waals surface area contributed by atoms with E-state index >= 15 is 4.39 Å². The fourth-order valence-electron chi connectivity index (χ4n) is 16.9. The van der Waals surface area contributed by atoms with Gasteiger partial charge in [-0.15, -0.1) is 0 Å². The molecule has 13 rings (SSSR count). The Morgan fingerprint density at radius 2 is 0.939 bits per heavy atom. The van der Waals surface area contributed by atoms with Crippen LogP contribution in [0.25, 0.3) is 0 Å². The van der Waals surface area contributed by atoms with Gasteiger partial charge in [-0.2, -0.15) is 0 Å². The van der Waals surface area contributed by atoms with Crippen molar-refractivity contribution in [3.8, 4) is 0 Å². The molecule has 22 nitrogen and oxygen atoms in total. The SMILES string of the molecule is CC(C)(C)OC(=O)NC12CC(CC(NC(=O)[C@@H]3Cc4ccccc4CN3C(=O)CCC(=O)N3CCCCC3(C)C)C(=O)Nc3ccc(Cl)c(Cl)c3F)(C1)C2.CC(C)(C)OC(=O)NC12CC(CC(NC(=O)[C@@H]3Cc4ccccc4CN3C(=O)CCC(=O)N3CCCCC3(C)C)C(=O)O)(C1)C2. The van der Waals surface area contributed by atoms with Gasteiger partial charge < -0.3 is 60.8 Å². The van der Waals surface area contributed by atoms with Crippen LogP contribution in [-0.4, -0.2) is 155 Å². The highest BCUT2D eigenvalue weighted by atomic mass is 35.5. The summed E-state index contributed by atoms with van der Waals surface area (Å²) >= 11 is 12.0. The van der Waals surface area contributed by atoms with Crippen LogP contribution in [0.5, 0.6) is 0 Å². The lowest BCUT2D eigenvalue weighted by Gasteiger charge is -2.71. The van der Waals surface area contributed by atoms with Crippen molar-refractivity contribution in [3.05, 3.63) is 98.8 Å². The standard InChI is InChI=1S/C40H50Cl2FN5O6.C34H48N4O7/c1-37(2,3)54-36(53)46-40-21-39(22-40,23-40)19-28(34(51)44-27-13-12-26(41)32(42)33(27)43)45-35(52)29-18-24-10-6-7-11-25(24)20-47(29)30(49)14-15-31(50)48-17-9-8-16-38(48,4)5;1-31(2,3)45-30(44)36-34-19-33(20-34,21-34)17-24(29(42)43)35-28(41)25-16-22-10-6-7-11-23(22)18-37(25)26(39)12-13-27(40)38-15-9-8-14-32(38,4)5/h6-7,10-13,28-29H,8-9,14-23H2,1-5H3,(H,44,51)(H,45,52)(H,46,53);6-7,10-11,24-25H,8-9,12-21H2,1-5H3,(H,35,41)(H,36,44)(H,42,43)/t28?,29-,39?,40?;24?,25-,33?,34?/m00/s1. The molecule has 0 aromatic heterocycles. The Hall–Kier alpha value is -7.53. The maximum Gasteiger partial charge on any atom is 0.408 e. The van der Waals surface area contributed by atoms with Crippen LogP contribution in [0.1, 0.15) is 207 Å². The first-order valence-corrected chi connectivity index (χ1v) is 35.7. The number of ether oxygens (including phenoxy) is 2. The van der Waals surface area contributed by atoms with E-state index in [9.17, 15) is 53.1 Å². The Balaban J connectivity index is 0.000000218. The zero-order valence-corrected chi connectivity index (χ0v) is 60.3. The molecule has 3 aromatic carbocycles. The summed E-state index contributed by atoms with van der Waals surface area (Å²) in [6.07, 6.45) is 9.34. The number of nitrogens with one attached hydrogen (secondary N) is 5. The number of halogens is 3. The number of amides is 9. The van der Waals surface area contributed by atoms with E-state index in [1.54, 1.807) is 41.5 Å². The lowest BCUT2D eigenvalue weighted by Crippen LogP contribution is -2.76. The Kier molecular flexibility index (Phi) is 21.3. The number of nitrogens with zero attached hydrogens (tertiary/aromatic N) is 4. The van der Waals surface area contributed by atoms with Gasteiger partial charge in [-0.05, 0) is 204 Å². The van der Waals surface area contributed by atoms with Gasteiger partial charge in [0, 0.05) is 86.9 Å². The van der Waals surface area contributed by atoms with Crippen LogP contribution in [0.4, 0.5) is 19.7 Å². The Bertz CT molecular complexity index is 3640. The first-order valence-electron chi connectivity index (χ1n) is 34.9. The first kappa shape index (κ1) is 74.2. The summed E-state index contributed by atoms with van der Waals surface area (Å²) in [6.45, 7) is 20.7. The molecule has 538 valence electrons. The number of hydrogen-bond acceptors (Lipinski definition) is 12. The maximum atomic E-state index is 15.1. The number of carboxylic acid groups (broad SMARTS) is 1. The summed E-state index contributed by atoms with van der Waals surface area (Å²) in [4.78, 5) is 140. The van der Waals surface area contributed by atoms with Crippen molar-refractivity contribution in [1.82, 2.24) is 40.9 Å². The second-order valence-electron chi connectivity index (χ2n) is 32.6. The maximum absolute atomic E-state index is 15.1. The van der Waals surface area contributed by atoms with Crippen LogP contribution in [0, 0.1) is 16.6 Å². The van der Waals surface area contributed by atoms with Gasteiger partial charge in [0.05, 0.1) is 15.7 Å². The molecule has 8 fully saturated rings. The van der Waals surface area contributed by atoms with Crippen molar-refractivity contribution in [2.24, 2.45) is 10.8 Å².